The number of nitrogens with zero attached hydrogens (tertiary/aromatic N) is 8. The molecule has 0 unspecified atom stereocenters. The van der Waals surface area contributed by atoms with Crippen molar-refractivity contribution >= 4 is 164 Å². The zero-order valence-electron chi connectivity index (χ0n) is 65.4. The molecule has 2 heterocycles. The van der Waals surface area contributed by atoms with Crippen LogP contribution in [0, 0.1) is 0 Å². The van der Waals surface area contributed by atoms with Gasteiger partial charge in [0.15, 0.2) is 8.24 Å². The van der Waals surface area contributed by atoms with Crippen molar-refractivity contribution in [3.8, 4) is 0 Å². The lowest BCUT2D eigenvalue weighted by atomic mass is 10.1. The molecule has 0 aliphatic heterocycles. The first-order valence-corrected chi connectivity index (χ1v) is 44.2. The van der Waals surface area contributed by atoms with Gasteiger partial charge in [-0.25, -0.2) is 0 Å². The molecule has 0 amide bonds. The van der Waals surface area contributed by atoms with E-state index in [-0.39, 0.29) is 9.79 Å². The van der Waals surface area contributed by atoms with E-state index in [1.54, 1.807) is 0 Å². The van der Waals surface area contributed by atoms with Gasteiger partial charge in [0.1, 0.15) is 0 Å². The molecule has 0 atom stereocenters. The van der Waals surface area contributed by atoms with Gasteiger partial charge in [0.2, 0.25) is 0 Å². The van der Waals surface area contributed by atoms with Gasteiger partial charge in [-0.3, -0.25) is 0 Å². The number of hydrogen-bond acceptors (Lipinski definition) is 6. The molecule has 2 aromatic heterocycles. The van der Waals surface area contributed by atoms with Crippen molar-refractivity contribution < 1.29 is 0 Å². The highest BCUT2D eigenvalue weighted by Crippen LogP contribution is 2.58. The summed E-state index contributed by atoms with van der Waals surface area (Å²) in [4.78, 5) is 14.2. The summed E-state index contributed by atoms with van der Waals surface area (Å²) in [7, 11) is -3.48. The summed E-state index contributed by atoms with van der Waals surface area (Å²) >= 11 is 0. The van der Waals surface area contributed by atoms with Crippen LogP contribution in [-0.2, 0) is 0 Å². The minimum Gasteiger partial charge on any atom is -0.368 e. The summed E-state index contributed by atoms with van der Waals surface area (Å²) in [6, 6.07) is 142. The van der Waals surface area contributed by atoms with E-state index in [2.05, 4.69) is 493 Å². The van der Waals surface area contributed by atoms with Crippen LogP contribution >= 0.6 is 10.2 Å². The molecule has 0 saturated carbocycles. The highest BCUT2D eigenvalue weighted by molar-refractivity contribution is 8.32. The number of hydrogen-bond donors (Lipinski definition) is 0. The second-order valence-corrected chi connectivity index (χ2v) is 41.1. The Labute approximate surface area is 662 Å². The van der Waals surface area contributed by atoms with E-state index in [0.29, 0.717) is 0 Å². The Kier molecular flexibility index (Phi) is 19.1. The Morgan fingerprint density at radius 2 is 0.402 bits per heavy atom. The van der Waals surface area contributed by atoms with Gasteiger partial charge in [-0.1, -0.05) is 200 Å². The Morgan fingerprint density at radius 1 is 0.214 bits per heavy atom. The van der Waals surface area contributed by atoms with Crippen LogP contribution < -0.4 is 29.4 Å². The Hall–Kier alpha value is -12.7. The molecule has 112 heavy (non-hydrogen) atoms. The van der Waals surface area contributed by atoms with E-state index >= 15 is 0 Å². The van der Waals surface area contributed by atoms with Crippen molar-refractivity contribution in [3.63, 3.8) is 0 Å². The normalized spacial score (nSPS) is 12.2. The van der Waals surface area contributed by atoms with Crippen LogP contribution in [0.5, 0.6) is 0 Å². The number of fused-ring (bicyclic) bond motifs is 6. The summed E-state index contributed by atoms with van der Waals surface area (Å²) in [5.41, 5.74) is 24.1. The van der Waals surface area contributed by atoms with Gasteiger partial charge >= 0.3 is 0 Å². The van der Waals surface area contributed by atoms with Crippen LogP contribution in [0.3, 0.4) is 0 Å². The Bertz CT molecular complexity index is 5690. The van der Waals surface area contributed by atoms with Gasteiger partial charge in [0, 0.05) is 140 Å². The smallest absolute Gasteiger partial charge is 0.161 e. The lowest BCUT2D eigenvalue weighted by Gasteiger charge is -2.46. The van der Waals surface area contributed by atoms with Gasteiger partial charge in [-0.2, -0.15) is 10.2 Å². The van der Waals surface area contributed by atoms with E-state index in [4.69, 9.17) is 0 Å². The van der Waals surface area contributed by atoms with E-state index in [9.17, 15) is 0 Å². The first kappa shape index (κ1) is 72.1. The first-order valence-electron chi connectivity index (χ1n) is 38.8. The minimum absolute atomic E-state index is 0.0410. The molecule has 0 fully saturated rings. The molecule has 17 rings (SSSR count). The van der Waals surface area contributed by atoms with Crippen LogP contribution in [-0.4, -0.2) is 33.7 Å². The van der Waals surface area contributed by atoms with E-state index in [0.717, 1.165) is 102 Å². The predicted molar refractivity (Wildman–Crippen MR) is 488 cm³/mol. The van der Waals surface area contributed by atoms with Crippen molar-refractivity contribution in [2.24, 2.45) is 0 Å². The van der Waals surface area contributed by atoms with E-state index < -0.39 is 18.4 Å². The standard InChI is InChI=1S/C102H94N8SSi/c1-101(2,3)111(7,8)109-97-47-31-29-45-93(97)95-73-91(69-71-98(95)109)107(87-61-53-82(54-62-87)104(77-37-21-13-22-38-77)78-39-23-14-24-40-78)88-65-57-85(58-66-88)106(84-51-49-81(50-52-84)103(75-33-17-11-18-34-75)76-35-19-12-20-36-76)86-59-67-90(68-60-86)108(89-63-55-83(56-64-89)105(79-41-25-15-26-42-79)80-43-27-16-28-44-80)92-70-72-100-96(74-92)94-46-30-32-48-99(94)110(100)112(9,10)102(4,5)6/h11-74H,1-10H3. The number of para-hydroxylation sites is 8. The Balaban J connectivity index is 0.817. The maximum atomic E-state index is 2.71. The van der Waals surface area contributed by atoms with Crippen molar-refractivity contribution in [1.29, 1.82) is 0 Å². The SMILES string of the molecule is CC(C)(C)[Si](C)(C)n1c2ccccc2c2cc(N(c3ccc(N(c4ccccc4)c4ccccc4)cc3)c3ccc(N(c4ccc(N(c5ccccc5)c5ccccc5)cc4)c4ccc(N(c5ccc(N(c6ccccc6)c6ccccc6)cc5)c5ccc6c(c5)c5ccccc5n6S(C)(C)C(C)(C)C)cc4)cc3)ccc21. The Morgan fingerprint density at radius 3 is 0.670 bits per heavy atom. The topological polar surface area (TPSA) is 29.3 Å². The summed E-state index contributed by atoms with van der Waals surface area (Å²) < 4.78 is 5.41. The average Bonchev–Trinajstić information content (AvgIpc) is 1.58. The van der Waals surface area contributed by atoms with Crippen molar-refractivity contribution in [2.75, 3.05) is 41.9 Å². The zero-order chi connectivity index (χ0) is 76.9. The molecule has 8 nitrogen and oxygen atoms in total. The summed E-state index contributed by atoms with van der Waals surface area (Å²) in [6.07, 6.45) is 4.93. The van der Waals surface area contributed by atoms with Gasteiger partial charge in [-0.15, -0.1) is 0 Å². The summed E-state index contributed by atoms with van der Waals surface area (Å²) in [5, 5.41) is 5.09. The third-order valence-electron chi connectivity index (χ3n) is 23.1. The lowest BCUT2D eigenvalue weighted by molar-refractivity contribution is 0.706. The molecule has 15 aromatic carbocycles. The predicted octanol–water partition coefficient (Wildman–Crippen LogP) is 30.2. The molecule has 0 aliphatic rings. The molecule has 0 aliphatic carbocycles. The van der Waals surface area contributed by atoms with Crippen LogP contribution in [0.1, 0.15) is 41.5 Å². The molecule has 0 saturated heterocycles. The monoisotopic (exact) mass is 1490 g/mol. The lowest BCUT2D eigenvalue weighted by Crippen LogP contribution is -2.45. The van der Waals surface area contributed by atoms with Gasteiger partial charge in [0.05, 0.1) is 11.0 Å². The molecule has 552 valence electrons. The van der Waals surface area contributed by atoms with Crippen molar-refractivity contribution in [3.05, 3.63) is 388 Å². The van der Waals surface area contributed by atoms with Gasteiger partial charge in [-0.05, 0) is 260 Å². The van der Waals surface area contributed by atoms with E-state index in [1.807, 2.05) is 0 Å². The molecule has 10 heteroatoms. The number of aromatic nitrogens is 2. The van der Waals surface area contributed by atoms with Gasteiger partial charge in [0.25, 0.3) is 0 Å². The van der Waals surface area contributed by atoms with Crippen LogP contribution in [0.2, 0.25) is 18.1 Å². The van der Waals surface area contributed by atoms with Crippen LogP contribution in [0.4, 0.5) is 102 Å². The molecule has 17 aromatic rings. The molecule has 0 radical (unpaired) electrons. The minimum atomic E-state index is -2.12. The highest BCUT2D eigenvalue weighted by Gasteiger charge is 2.40. The third kappa shape index (κ3) is 13.4. The maximum Gasteiger partial charge on any atom is 0.161 e. The quantitative estimate of drug-likeness (QED) is 0.0707. The third-order valence-corrected chi connectivity index (χ3v) is 32.6. The van der Waals surface area contributed by atoms with Crippen molar-refractivity contribution in [1.82, 2.24) is 8.21 Å². The molecule has 0 N–H and O–H groups in total. The molecular weight excluding hydrogens is 1400 g/mol. The largest absolute Gasteiger partial charge is 0.368 e. The maximum absolute atomic E-state index is 2.71. The highest BCUT2D eigenvalue weighted by atomic mass is 32.3. The zero-order valence-corrected chi connectivity index (χ0v) is 67.3. The molecule has 0 bridgehead atoms. The molecular formula is C102H94N8SSi. The average molecular weight is 1490 g/mol. The van der Waals surface area contributed by atoms with Crippen molar-refractivity contribution in [2.45, 2.75) is 64.4 Å². The summed E-state index contributed by atoms with van der Waals surface area (Å²) in [5.74, 6) is 0. The fourth-order valence-electron chi connectivity index (χ4n) is 15.8. The second-order valence-electron chi connectivity index (χ2n) is 31.9. The number of benzene rings is 15. The second kappa shape index (κ2) is 29.6. The fourth-order valence-corrected chi connectivity index (χ4v) is 19.9. The van der Waals surface area contributed by atoms with Crippen LogP contribution in [0.15, 0.2) is 388 Å². The number of rotatable bonds is 20. The fraction of sp³-hybridized carbons (Fsp3) is 0.118. The van der Waals surface area contributed by atoms with E-state index in [1.165, 1.54) is 43.6 Å². The van der Waals surface area contributed by atoms with Gasteiger partial charge < -0.3 is 37.6 Å². The molecule has 0 spiro atoms. The first-order chi connectivity index (χ1) is 54.4. The summed E-state index contributed by atoms with van der Waals surface area (Å²) in [6.45, 7) is 19.4. The van der Waals surface area contributed by atoms with Crippen LogP contribution in [0.25, 0.3) is 43.6 Å². The number of anilines is 18.